The highest BCUT2D eigenvalue weighted by atomic mass is 35.5. The zero-order chi connectivity index (χ0) is 43.8. The minimum absolute atomic E-state index is 0.129. The summed E-state index contributed by atoms with van der Waals surface area (Å²) < 4.78 is 47.5. The molecule has 8 rings (SSSR count). The van der Waals surface area contributed by atoms with Gasteiger partial charge in [0.25, 0.3) is 5.24 Å². The first-order valence-corrected chi connectivity index (χ1v) is 21.9. The Labute approximate surface area is 380 Å². The Balaban J connectivity index is 1.22. The molecule has 0 aromatic heterocycles. The Morgan fingerprint density at radius 3 is 1.30 bits per heavy atom. The summed E-state index contributed by atoms with van der Waals surface area (Å²) in [7, 11) is 0. The Hall–Kier alpha value is -6.10. The summed E-state index contributed by atoms with van der Waals surface area (Å²) in [6.45, 7) is 1.72. The van der Waals surface area contributed by atoms with E-state index in [0.29, 0.717) is 24.5 Å². The van der Waals surface area contributed by atoms with Crippen LogP contribution in [0.5, 0.6) is 11.5 Å². The van der Waals surface area contributed by atoms with Gasteiger partial charge in [-0.1, -0.05) is 182 Å². The van der Waals surface area contributed by atoms with Gasteiger partial charge in [-0.2, -0.15) is 0 Å². The summed E-state index contributed by atoms with van der Waals surface area (Å²) in [6.07, 6.45) is -3.62. The van der Waals surface area contributed by atoms with E-state index in [2.05, 4.69) is 0 Å². The maximum atomic E-state index is 13.6. The first-order chi connectivity index (χ1) is 31.6. The van der Waals surface area contributed by atoms with E-state index in [9.17, 15) is 4.79 Å². The molecule has 0 N–H and O–H groups in total. The molecule has 0 saturated carbocycles. The zero-order valence-electron chi connectivity index (χ0n) is 35.5. The summed E-state index contributed by atoms with van der Waals surface area (Å²) in [5, 5.41) is -0.712. The molecule has 7 aromatic carbocycles. The van der Waals surface area contributed by atoms with Crippen molar-refractivity contribution in [2.75, 3.05) is 6.61 Å². The van der Waals surface area contributed by atoms with Crippen molar-refractivity contribution in [1.82, 2.24) is 0 Å². The molecular weight excluding hydrogens is 824 g/mol. The number of ether oxygens (including phenoxy) is 7. The highest BCUT2D eigenvalue weighted by molar-refractivity contribution is 6.68. The average molecular weight is 875 g/mol. The summed E-state index contributed by atoms with van der Waals surface area (Å²) in [6, 6.07) is 63.1. The van der Waals surface area contributed by atoms with Crippen LogP contribution in [0.3, 0.4) is 0 Å². The molecule has 0 bridgehead atoms. The maximum Gasteiger partial charge on any atom is 0.256 e. The van der Waals surface area contributed by atoms with E-state index in [-0.39, 0.29) is 44.3 Å². The molecule has 1 heterocycles. The quantitative estimate of drug-likeness (QED) is 0.0661. The van der Waals surface area contributed by atoms with Gasteiger partial charge < -0.3 is 33.2 Å². The summed E-state index contributed by atoms with van der Waals surface area (Å²) in [5.41, 5.74) is 6.52. The predicted octanol–water partition coefficient (Wildman–Crippen LogP) is 11.6. The molecule has 0 radical (unpaired) electrons. The molecule has 1 saturated heterocycles. The Kier molecular flexibility index (Phi) is 16.0. The molecule has 1 aliphatic rings. The summed E-state index contributed by atoms with van der Waals surface area (Å²) in [4.78, 5) is 13.6. The van der Waals surface area contributed by atoms with Gasteiger partial charge in [0.05, 0.1) is 38.6 Å². The van der Waals surface area contributed by atoms with Gasteiger partial charge in [0, 0.05) is 0 Å². The summed E-state index contributed by atoms with van der Waals surface area (Å²) >= 11 is 6.48. The lowest BCUT2D eigenvalue weighted by Crippen LogP contribution is -2.58. The molecular formula is C55H51ClO8. The molecule has 8 nitrogen and oxygen atoms in total. The van der Waals surface area contributed by atoms with E-state index >= 15 is 0 Å². The number of hydrogen-bond donors (Lipinski definition) is 0. The van der Waals surface area contributed by atoms with Gasteiger partial charge in [0.2, 0.25) is 0 Å². The van der Waals surface area contributed by atoms with Crippen LogP contribution in [-0.4, -0.2) is 36.3 Å². The standard InChI is InChI=1S/C55H51ClO8/c56-55(57)47-31-46(32-48(59-34-41-21-9-2-10-22-41)51(47)60-35-42-23-11-3-12-24-42)50-53(62-37-44-27-15-5-16-28-44)54(63-38-45-29-17-6-18-30-45)52(61-36-43-25-13-4-14-26-43)49(64-50)39-58-33-40-19-7-1-8-20-40/h1-32,49-50,52-54H,33-39H2/t49-,50+,52+,53?,54?/m1/s1. The lowest BCUT2D eigenvalue weighted by Gasteiger charge is -2.46. The van der Waals surface area contributed by atoms with E-state index in [4.69, 9.17) is 44.8 Å². The van der Waals surface area contributed by atoms with Crippen LogP contribution in [0, 0.1) is 0 Å². The fourth-order valence-corrected chi connectivity index (χ4v) is 7.85. The first-order valence-electron chi connectivity index (χ1n) is 21.5. The summed E-state index contributed by atoms with van der Waals surface area (Å²) in [5.74, 6) is 0.553. The van der Waals surface area contributed by atoms with E-state index in [1.807, 2.05) is 188 Å². The third-order valence-corrected chi connectivity index (χ3v) is 11.2. The third kappa shape index (κ3) is 12.3. The predicted molar refractivity (Wildman–Crippen MR) is 247 cm³/mol. The molecule has 5 atom stereocenters. The van der Waals surface area contributed by atoms with Crippen LogP contribution in [0.2, 0.25) is 0 Å². The second-order valence-corrected chi connectivity index (χ2v) is 15.9. The van der Waals surface area contributed by atoms with Crippen LogP contribution in [0.15, 0.2) is 194 Å². The third-order valence-electron chi connectivity index (χ3n) is 11.0. The van der Waals surface area contributed by atoms with E-state index in [1.165, 1.54) is 0 Å². The minimum Gasteiger partial charge on any atom is -0.485 e. The van der Waals surface area contributed by atoms with Gasteiger partial charge in [-0.3, -0.25) is 4.79 Å². The zero-order valence-corrected chi connectivity index (χ0v) is 36.2. The molecule has 9 heteroatoms. The number of rotatable bonds is 21. The van der Waals surface area contributed by atoms with Crippen LogP contribution in [0.1, 0.15) is 55.4 Å². The van der Waals surface area contributed by atoms with Crippen LogP contribution in [-0.2, 0) is 63.3 Å². The second-order valence-electron chi connectivity index (χ2n) is 15.6. The van der Waals surface area contributed by atoms with Crippen molar-refractivity contribution in [2.45, 2.75) is 70.2 Å². The topological polar surface area (TPSA) is 81.7 Å². The molecule has 1 fully saturated rings. The van der Waals surface area contributed by atoms with Crippen LogP contribution in [0.25, 0.3) is 0 Å². The van der Waals surface area contributed by atoms with Gasteiger partial charge in [-0.15, -0.1) is 0 Å². The first kappa shape index (κ1) is 44.5. The van der Waals surface area contributed by atoms with Gasteiger partial charge in [0.1, 0.15) is 43.7 Å². The average Bonchev–Trinajstić information content (AvgIpc) is 3.35. The molecule has 0 spiro atoms. The SMILES string of the molecule is O=C(Cl)c1cc([C@@H]2O[C@H](COCc3ccccc3)[C@H](OCc3ccccc3)C(OCc3ccccc3)C2OCc2ccccc2)cc(OCc2ccccc2)c1OCc1ccccc1. The molecule has 326 valence electrons. The van der Waals surface area contributed by atoms with Crippen molar-refractivity contribution in [2.24, 2.45) is 0 Å². The van der Waals surface area contributed by atoms with Crippen molar-refractivity contribution < 1.29 is 38.0 Å². The van der Waals surface area contributed by atoms with Gasteiger partial charge in [0.15, 0.2) is 11.5 Å². The lowest BCUT2D eigenvalue weighted by atomic mass is 9.89. The monoisotopic (exact) mass is 874 g/mol. The van der Waals surface area contributed by atoms with Crippen molar-refractivity contribution >= 4 is 16.8 Å². The van der Waals surface area contributed by atoms with Crippen molar-refractivity contribution in [3.63, 3.8) is 0 Å². The van der Waals surface area contributed by atoms with Crippen LogP contribution >= 0.6 is 11.6 Å². The largest absolute Gasteiger partial charge is 0.485 e. The smallest absolute Gasteiger partial charge is 0.256 e. The van der Waals surface area contributed by atoms with Crippen molar-refractivity contribution in [1.29, 1.82) is 0 Å². The number of carbonyl (C=O) groups is 1. The van der Waals surface area contributed by atoms with Crippen LogP contribution < -0.4 is 9.47 Å². The fourth-order valence-electron chi connectivity index (χ4n) is 7.71. The van der Waals surface area contributed by atoms with Gasteiger partial charge in [-0.25, -0.2) is 0 Å². The number of carbonyl (C=O) groups excluding carboxylic acids is 1. The fraction of sp³-hybridized carbons (Fsp3) is 0.218. The Morgan fingerprint density at radius 1 is 0.453 bits per heavy atom. The lowest BCUT2D eigenvalue weighted by molar-refractivity contribution is -0.275. The molecule has 2 unspecified atom stereocenters. The Bertz CT molecular complexity index is 2460. The maximum absolute atomic E-state index is 13.6. The number of hydrogen-bond acceptors (Lipinski definition) is 8. The highest BCUT2D eigenvalue weighted by Crippen LogP contribution is 2.43. The molecule has 7 aromatic rings. The van der Waals surface area contributed by atoms with Crippen LogP contribution in [0.4, 0.5) is 0 Å². The number of halogens is 1. The molecule has 0 aliphatic carbocycles. The second kappa shape index (κ2) is 23.0. The number of benzene rings is 7. The highest BCUT2D eigenvalue weighted by Gasteiger charge is 2.49. The molecule has 1 aliphatic heterocycles. The van der Waals surface area contributed by atoms with E-state index in [1.54, 1.807) is 6.07 Å². The normalized spacial score (nSPS) is 18.3. The minimum atomic E-state index is -0.830. The van der Waals surface area contributed by atoms with Gasteiger partial charge >= 0.3 is 0 Å². The van der Waals surface area contributed by atoms with E-state index < -0.39 is 35.8 Å². The Morgan fingerprint density at radius 2 is 0.844 bits per heavy atom. The molecule has 0 amide bonds. The van der Waals surface area contributed by atoms with Crippen molar-refractivity contribution in [3.05, 3.63) is 239 Å². The van der Waals surface area contributed by atoms with E-state index in [0.717, 1.165) is 33.4 Å². The van der Waals surface area contributed by atoms with Crippen molar-refractivity contribution in [3.8, 4) is 11.5 Å². The van der Waals surface area contributed by atoms with Gasteiger partial charge in [-0.05, 0) is 62.7 Å². The molecule has 64 heavy (non-hydrogen) atoms.